The molecule has 1 N–H and O–H groups in total. The van der Waals surface area contributed by atoms with Crippen LogP contribution in [0.3, 0.4) is 0 Å². The number of hydrogen-bond donors (Lipinski definition) is 1. The molecule has 1 atom stereocenters. The topological polar surface area (TPSA) is 83.7 Å². The van der Waals surface area contributed by atoms with Crippen LogP contribution in [0, 0.1) is 16.0 Å². The number of alkyl halides is 3. The lowest BCUT2D eigenvalue weighted by atomic mass is 9.97. The summed E-state index contributed by atoms with van der Waals surface area (Å²) in [6, 6.07) is 2.74. The van der Waals surface area contributed by atoms with E-state index in [0.717, 1.165) is 6.07 Å². The van der Waals surface area contributed by atoms with Crippen molar-refractivity contribution in [3.05, 3.63) is 33.9 Å². The standard InChI is InChI=1S/C13H13F3N2O4/c14-13(15,16)10-6-9(3-4-11(10)18(21)22)17-5-1-2-8(7-17)12(19)20/h3-4,6,8H,1-2,5,7H2,(H,19,20)/t8-/m0/s1. The van der Waals surface area contributed by atoms with Gasteiger partial charge in [-0.15, -0.1) is 0 Å². The molecule has 22 heavy (non-hydrogen) atoms. The highest BCUT2D eigenvalue weighted by Crippen LogP contribution is 2.38. The lowest BCUT2D eigenvalue weighted by Crippen LogP contribution is -2.38. The zero-order chi connectivity index (χ0) is 16.5. The third kappa shape index (κ3) is 3.29. The van der Waals surface area contributed by atoms with Crippen molar-refractivity contribution in [3.63, 3.8) is 0 Å². The molecule has 1 aromatic rings. The Morgan fingerprint density at radius 1 is 1.41 bits per heavy atom. The number of aliphatic carboxylic acids is 1. The highest BCUT2D eigenvalue weighted by molar-refractivity contribution is 5.71. The van der Waals surface area contributed by atoms with Gasteiger partial charge in [0.25, 0.3) is 5.69 Å². The number of piperidine rings is 1. The Hall–Kier alpha value is -2.32. The van der Waals surface area contributed by atoms with Crippen molar-refractivity contribution in [2.45, 2.75) is 19.0 Å². The third-order valence-electron chi connectivity index (χ3n) is 3.62. The molecule has 1 aliphatic heterocycles. The molecule has 1 aromatic carbocycles. The van der Waals surface area contributed by atoms with E-state index >= 15 is 0 Å². The van der Waals surface area contributed by atoms with Crippen LogP contribution >= 0.6 is 0 Å². The molecule has 0 saturated carbocycles. The number of halogens is 3. The second kappa shape index (κ2) is 5.82. The van der Waals surface area contributed by atoms with E-state index in [0.29, 0.717) is 25.5 Å². The Morgan fingerprint density at radius 3 is 2.64 bits per heavy atom. The molecule has 1 heterocycles. The summed E-state index contributed by atoms with van der Waals surface area (Å²) >= 11 is 0. The van der Waals surface area contributed by atoms with E-state index < -0.39 is 34.2 Å². The Labute approximate surface area is 123 Å². The summed E-state index contributed by atoms with van der Waals surface area (Å²) in [7, 11) is 0. The third-order valence-corrected chi connectivity index (χ3v) is 3.62. The van der Waals surface area contributed by atoms with Gasteiger partial charge in [0.2, 0.25) is 0 Å². The molecule has 6 nitrogen and oxygen atoms in total. The molecule has 0 aliphatic carbocycles. The second-order valence-electron chi connectivity index (χ2n) is 5.08. The molecule has 120 valence electrons. The molecule has 0 spiro atoms. The van der Waals surface area contributed by atoms with Crippen molar-refractivity contribution >= 4 is 17.3 Å². The molecular formula is C13H13F3N2O4. The van der Waals surface area contributed by atoms with Crippen LogP contribution in [0.2, 0.25) is 0 Å². The normalized spacial score (nSPS) is 19.0. The number of hydrogen-bond acceptors (Lipinski definition) is 4. The molecule has 1 fully saturated rings. The van der Waals surface area contributed by atoms with Crippen LogP contribution in [0.1, 0.15) is 18.4 Å². The molecule has 1 saturated heterocycles. The van der Waals surface area contributed by atoms with E-state index in [4.69, 9.17) is 5.11 Å². The van der Waals surface area contributed by atoms with Crippen molar-refractivity contribution in [2.75, 3.05) is 18.0 Å². The van der Waals surface area contributed by atoms with E-state index in [2.05, 4.69) is 0 Å². The number of nitrogens with zero attached hydrogens (tertiary/aromatic N) is 2. The molecule has 0 radical (unpaired) electrons. The van der Waals surface area contributed by atoms with Gasteiger partial charge in [-0.1, -0.05) is 0 Å². The maximum Gasteiger partial charge on any atom is 0.423 e. The van der Waals surface area contributed by atoms with Gasteiger partial charge in [-0.2, -0.15) is 13.2 Å². The summed E-state index contributed by atoms with van der Waals surface area (Å²) in [5.74, 6) is -1.65. The number of nitro groups is 1. The van der Waals surface area contributed by atoms with E-state index in [-0.39, 0.29) is 12.2 Å². The van der Waals surface area contributed by atoms with E-state index in [1.165, 1.54) is 11.0 Å². The minimum absolute atomic E-state index is 0.0877. The van der Waals surface area contributed by atoms with Crippen LogP contribution in [0.15, 0.2) is 18.2 Å². The summed E-state index contributed by atoms with van der Waals surface area (Å²) in [6.07, 6.45) is -3.85. The Bertz CT molecular complexity index is 603. The maximum atomic E-state index is 12.9. The first-order valence-corrected chi connectivity index (χ1v) is 6.53. The largest absolute Gasteiger partial charge is 0.481 e. The van der Waals surface area contributed by atoms with Gasteiger partial charge >= 0.3 is 12.1 Å². The number of carbonyl (C=O) groups is 1. The molecule has 0 unspecified atom stereocenters. The minimum Gasteiger partial charge on any atom is -0.481 e. The van der Waals surface area contributed by atoms with Gasteiger partial charge in [-0.05, 0) is 25.0 Å². The van der Waals surface area contributed by atoms with Crippen LogP contribution in [-0.4, -0.2) is 29.1 Å². The highest BCUT2D eigenvalue weighted by atomic mass is 19.4. The number of carboxylic acid groups (broad SMARTS) is 1. The molecule has 2 rings (SSSR count). The van der Waals surface area contributed by atoms with Crippen molar-refractivity contribution < 1.29 is 28.0 Å². The van der Waals surface area contributed by atoms with Gasteiger partial charge in [-0.25, -0.2) is 0 Å². The molecule has 9 heteroatoms. The molecule has 1 aliphatic rings. The zero-order valence-electron chi connectivity index (χ0n) is 11.3. The van der Waals surface area contributed by atoms with Crippen molar-refractivity contribution in [1.82, 2.24) is 0 Å². The Morgan fingerprint density at radius 2 is 2.09 bits per heavy atom. The lowest BCUT2D eigenvalue weighted by molar-refractivity contribution is -0.388. The maximum absolute atomic E-state index is 12.9. The monoisotopic (exact) mass is 318 g/mol. The molecule has 0 aromatic heterocycles. The van der Waals surface area contributed by atoms with Crippen molar-refractivity contribution in [3.8, 4) is 0 Å². The predicted octanol–water partition coefficient (Wildman–Crippen LogP) is 2.91. The number of anilines is 1. The summed E-state index contributed by atoms with van der Waals surface area (Å²) in [5, 5.41) is 19.7. The molecular weight excluding hydrogens is 305 g/mol. The highest BCUT2D eigenvalue weighted by Gasteiger charge is 2.39. The number of carboxylic acids is 1. The number of benzene rings is 1. The van der Waals surface area contributed by atoms with E-state index in [9.17, 15) is 28.1 Å². The SMILES string of the molecule is O=C(O)[C@H]1CCCN(c2ccc([N+](=O)[O-])c(C(F)(F)F)c2)C1. The van der Waals surface area contributed by atoms with Gasteiger partial charge in [-0.3, -0.25) is 14.9 Å². The molecule has 0 bridgehead atoms. The first kappa shape index (κ1) is 16.1. The lowest BCUT2D eigenvalue weighted by Gasteiger charge is -2.32. The van der Waals surface area contributed by atoms with Crippen molar-refractivity contribution in [2.24, 2.45) is 5.92 Å². The Kier molecular flexibility index (Phi) is 4.25. The van der Waals surface area contributed by atoms with Gasteiger partial charge in [0.15, 0.2) is 0 Å². The van der Waals surface area contributed by atoms with Crippen LogP contribution in [0.25, 0.3) is 0 Å². The fraction of sp³-hybridized carbons (Fsp3) is 0.462. The summed E-state index contributed by atoms with van der Waals surface area (Å²) < 4.78 is 38.8. The number of rotatable bonds is 3. The summed E-state index contributed by atoms with van der Waals surface area (Å²) in [4.78, 5) is 22.2. The first-order valence-electron chi connectivity index (χ1n) is 6.53. The fourth-order valence-corrected chi connectivity index (χ4v) is 2.52. The number of nitro benzene ring substituents is 1. The van der Waals surface area contributed by atoms with Gasteiger partial charge in [0.05, 0.1) is 10.8 Å². The Balaban J connectivity index is 2.36. The van der Waals surface area contributed by atoms with Crippen LogP contribution < -0.4 is 4.90 Å². The smallest absolute Gasteiger partial charge is 0.423 e. The minimum atomic E-state index is -4.85. The van der Waals surface area contributed by atoms with Crippen LogP contribution in [0.5, 0.6) is 0 Å². The molecule has 0 amide bonds. The fourth-order valence-electron chi connectivity index (χ4n) is 2.52. The zero-order valence-corrected chi connectivity index (χ0v) is 11.3. The first-order chi connectivity index (χ1) is 10.2. The van der Waals surface area contributed by atoms with Gasteiger partial charge in [0.1, 0.15) is 5.56 Å². The summed E-state index contributed by atoms with van der Waals surface area (Å²) in [6.45, 7) is 0.503. The van der Waals surface area contributed by atoms with E-state index in [1.807, 2.05) is 0 Å². The van der Waals surface area contributed by atoms with Crippen molar-refractivity contribution in [1.29, 1.82) is 0 Å². The quantitative estimate of drug-likeness (QED) is 0.684. The van der Waals surface area contributed by atoms with E-state index in [1.54, 1.807) is 0 Å². The van der Waals surface area contributed by atoms with Gasteiger partial charge < -0.3 is 10.0 Å². The average Bonchev–Trinajstić information content (AvgIpc) is 2.45. The van der Waals surface area contributed by atoms with Crippen LogP contribution in [0.4, 0.5) is 24.5 Å². The van der Waals surface area contributed by atoms with Crippen LogP contribution in [-0.2, 0) is 11.0 Å². The second-order valence-corrected chi connectivity index (χ2v) is 5.08. The average molecular weight is 318 g/mol. The summed E-state index contributed by atoms with van der Waals surface area (Å²) in [5.41, 5.74) is -2.20. The predicted molar refractivity (Wildman–Crippen MR) is 70.7 cm³/mol. The van der Waals surface area contributed by atoms with Gasteiger partial charge in [0, 0.05) is 24.8 Å².